The van der Waals surface area contributed by atoms with Crippen LogP contribution >= 0.6 is 0 Å². The third-order valence-corrected chi connectivity index (χ3v) is 4.78. The van der Waals surface area contributed by atoms with E-state index in [9.17, 15) is 9.59 Å². The third-order valence-electron chi connectivity index (χ3n) is 4.78. The zero-order valence-corrected chi connectivity index (χ0v) is 15.6. The molecule has 138 valence electrons. The van der Waals surface area contributed by atoms with Crippen LogP contribution in [0.25, 0.3) is 0 Å². The Kier molecular flexibility index (Phi) is 6.82. The summed E-state index contributed by atoms with van der Waals surface area (Å²) >= 11 is 0. The van der Waals surface area contributed by atoms with Crippen molar-refractivity contribution in [2.24, 2.45) is 0 Å². The minimum atomic E-state index is -0.359. The van der Waals surface area contributed by atoms with Crippen LogP contribution in [0, 0.1) is 13.8 Å². The van der Waals surface area contributed by atoms with Crippen LogP contribution in [0.4, 0.5) is 10.5 Å². The SMILES string of the molecule is CCOC(=O)NC1CCN([C@H](C)C(=O)Nc2c(C)cccc2C)CC1. The lowest BCUT2D eigenvalue weighted by molar-refractivity contribution is -0.121. The molecule has 2 rings (SSSR count). The number of hydrogen-bond acceptors (Lipinski definition) is 4. The first-order valence-corrected chi connectivity index (χ1v) is 8.96. The summed E-state index contributed by atoms with van der Waals surface area (Å²) in [4.78, 5) is 26.3. The minimum absolute atomic E-state index is 0.00852. The molecule has 1 aromatic carbocycles. The molecule has 1 aromatic rings. The van der Waals surface area contributed by atoms with Crippen molar-refractivity contribution < 1.29 is 14.3 Å². The lowest BCUT2D eigenvalue weighted by atomic mass is 10.0. The summed E-state index contributed by atoms with van der Waals surface area (Å²) in [5.74, 6) is 0.00852. The molecule has 6 heteroatoms. The number of anilines is 1. The first-order chi connectivity index (χ1) is 11.9. The second-order valence-corrected chi connectivity index (χ2v) is 6.61. The average Bonchev–Trinajstić information content (AvgIpc) is 2.58. The molecule has 2 amide bonds. The molecule has 0 unspecified atom stereocenters. The first kappa shape index (κ1) is 19.2. The Bertz CT molecular complexity index is 590. The molecule has 1 saturated heterocycles. The molecular weight excluding hydrogens is 318 g/mol. The maximum atomic E-state index is 12.6. The molecule has 0 bridgehead atoms. The summed E-state index contributed by atoms with van der Waals surface area (Å²) in [6.45, 7) is 9.65. The van der Waals surface area contributed by atoms with Crippen molar-refractivity contribution in [2.75, 3.05) is 25.0 Å². The van der Waals surface area contributed by atoms with E-state index in [2.05, 4.69) is 15.5 Å². The molecule has 1 heterocycles. The van der Waals surface area contributed by atoms with Gasteiger partial charge >= 0.3 is 6.09 Å². The van der Waals surface area contributed by atoms with Crippen molar-refractivity contribution in [3.8, 4) is 0 Å². The largest absolute Gasteiger partial charge is 0.450 e. The molecular formula is C19H29N3O3. The highest BCUT2D eigenvalue weighted by Crippen LogP contribution is 2.21. The van der Waals surface area contributed by atoms with Gasteiger partial charge in [-0.1, -0.05) is 18.2 Å². The van der Waals surface area contributed by atoms with Crippen LogP contribution in [0.3, 0.4) is 0 Å². The Balaban J connectivity index is 1.86. The number of nitrogens with one attached hydrogen (secondary N) is 2. The van der Waals surface area contributed by atoms with E-state index in [-0.39, 0.29) is 24.1 Å². The lowest BCUT2D eigenvalue weighted by Crippen LogP contribution is -2.50. The summed E-state index contributed by atoms with van der Waals surface area (Å²) in [7, 11) is 0. The summed E-state index contributed by atoms with van der Waals surface area (Å²) in [6.07, 6.45) is 1.28. The Morgan fingerprint density at radius 1 is 1.24 bits per heavy atom. The van der Waals surface area contributed by atoms with Crippen LogP contribution in [0.5, 0.6) is 0 Å². The number of ether oxygens (including phenoxy) is 1. The van der Waals surface area contributed by atoms with Crippen molar-refractivity contribution in [1.82, 2.24) is 10.2 Å². The van der Waals surface area contributed by atoms with Gasteiger partial charge in [0.05, 0.1) is 12.6 Å². The number of aryl methyl sites for hydroxylation is 2. The summed E-state index contributed by atoms with van der Waals surface area (Å²) in [5, 5.41) is 5.94. The summed E-state index contributed by atoms with van der Waals surface area (Å²) in [5.41, 5.74) is 3.04. The normalized spacial score (nSPS) is 17.0. The van der Waals surface area contributed by atoms with Gasteiger partial charge in [-0.05, 0) is 51.7 Å². The van der Waals surface area contributed by atoms with Crippen LogP contribution < -0.4 is 10.6 Å². The smallest absolute Gasteiger partial charge is 0.407 e. The van der Waals surface area contributed by atoms with Crippen molar-refractivity contribution in [3.63, 3.8) is 0 Å². The third kappa shape index (κ3) is 5.19. The second kappa shape index (κ2) is 8.85. The fraction of sp³-hybridized carbons (Fsp3) is 0.579. The van der Waals surface area contributed by atoms with Crippen LogP contribution in [0.15, 0.2) is 18.2 Å². The molecule has 0 aromatic heterocycles. The number of likely N-dealkylation sites (tertiary alicyclic amines) is 1. The van der Waals surface area contributed by atoms with Gasteiger partial charge in [0.15, 0.2) is 0 Å². The van der Waals surface area contributed by atoms with Gasteiger partial charge in [0.1, 0.15) is 0 Å². The zero-order chi connectivity index (χ0) is 18.4. The number of rotatable bonds is 5. The number of carbonyl (C=O) groups is 2. The summed E-state index contributed by atoms with van der Waals surface area (Å²) in [6, 6.07) is 5.90. The average molecular weight is 347 g/mol. The molecule has 6 nitrogen and oxygen atoms in total. The van der Waals surface area contributed by atoms with E-state index in [4.69, 9.17) is 4.74 Å². The predicted octanol–water partition coefficient (Wildman–Crippen LogP) is 2.84. The molecule has 1 fully saturated rings. The molecule has 0 radical (unpaired) electrons. The van der Waals surface area contributed by atoms with Crippen LogP contribution in [-0.4, -0.2) is 48.7 Å². The highest BCUT2D eigenvalue weighted by Gasteiger charge is 2.27. The zero-order valence-electron chi connectivity index (χ0n) is 15.6. The second-order valence-electron chi connectivity index (χ2n) is 6.61. The van der Waals surface area contributed by atoms with Gasteiger partial charge in [-0.25, -0.2) is 4.79 Å². The number of alkyl carbamates (subject to hydrolysis) is 1. The Morgan fingerprint density at radius 2 is 1.84 bits per heavy atom. The Labute approximate surface area is 149 Å². The van der Waals surface area contributed by atoms with Crippen LogP contribution in [-0.2, 0) is 9.53 Å². The molecule has 1 aliphatic rings. The van der Waals surface area contributed by atoms with E-state index in [0.29, 0.717) is 6.61 Å². The van der Waals surface area contributed by atoms with E-state index in [1.807, 2.05) is 39.0 Å². The first-order valence-electron chi connectivity index (χ1n) is 8.96. The number of carbonyl (C=O) groups excluding carboxylic acids is 2. The van der Waals surface area contributed by atoms with Crippen LogP contribution in [0.2, 0.25) is 0 Å². The van der Waals surface area contributed by atoms with Gasteiger partial charge in [-0.2, -0.15) is 0 Å². The summed E-state index contributed by atoms with van der Waals surface area (Å²) < 4.78 is 4.92. The van der Waals surface area contributed by atoms with Crippen molar-refractivity contribution in [2.45, 2.75) is 52.6 Å². The monoisotopic (exact) mass is 347 g/mol. The quantitative estimate of drug-likeness (QED) is 0.859. The number of piperidine rings is 1. The molecule has 25 heavy (non-hydrogen) atoms. The number of benzene rings is 1. The maximum Gasteiger partial charge on any atom is 0.407 e. The van der Waals surface area contributed by atoms with E-state index >= 15 is 0 Å². The number of amides is 2. The van der Waals surface area contributed by atoms with Crippen LogP contribution in [0.1, 0.15) is 37.8 Å². The number of hydrogen-bond donors (Lipinski definition) is 2. The fourth-order valence-electron chi connectivity index (χ4n) is 3.18. The maximum absolute atomic E-state index is 12.6. The standard InChI is InChI=1S/C19H29N3O3/c1-5-25-19(24)20-16-9-11-22(12-10-16)15(4)18(23)21-17-13(2)7-6-8-14(17)3/h6-8,15-16H,5,9-12H2,1-4H3,(H,20,24)(H,21,23)/t15-/m1/s1. The highest BCUT2D eigenvalue weighted by molar-refractivity contribution is 5.95. The van der Waals surface area contributed by atoms with Gasteiger partial charge in [0, 0.05) is 24.8 Å². The minimum Gasteiger partial charge on any atom is -0.450 e. The van der Waals surface area contributed by atoms with E-state index in [1.54, 1.807) is 6.92 Å². The number of nitrogens with zero attached hydrogens (tertiary/aromatic N) is 1. The number of para-hydroxylation sites is 1. The highest BCUT2D eigenvalue weighted by atomic mass is 16.5. The lowest BCUT2D eigenvalue weighted by Gasteiger charge is -2.35. The molecule has 0 spiro atoms. The van der Waals surface area contributed by atoms with E-state index < -0.39 is 0 Å². The topological polar surface area (TPSA) is 70.7 Å². The van der Waals surface area contributed by atoms with Crippen molar-refractivity contribution in [3.05, 3.63) is 29.3 Å². The van der Waals surface area contributed by atoms with E-state index in [1.165, 1.54) is 0 Å². The van der Waals surface area contributed by atoms with Crippen molar-refractivity contribution in [1.29, 1.82) is 0 Å². The van der Waals surface area contributed by atoms with Crippen molar-refractivity contribution >= 4 is 17.7 Å². The molecule has 1 aliphatic heterocycles. The van der Waals surface area contributed by atoms with Gasteiger partial charge in [0.25, 0.3) is 0 Å². The van der Waals surface area contributed by atoms with Gasteiger partial charge < -0.3 is 15.4 Å². The predicted molar refractivity (Wildman–Crippen MR) is 98.8 cm³/mol. The Morgan fingerprint density at radius 3 is 2.40 bits per heavy atom. The van der Waals surface area contributed by atoms with Gasteiger partial charge in [-0.3, -0.25) is 9.69 Å². The molecule has 0 saturated carbocycles. The molecule has 1 atom stereocenters. The van der Waals surface area contributed by atoms with Gasteiger partial charge in [-0.15, -0.1) is 0 Å². The molecule has 0 aliphatic carbocycles. The van der Waals surface area contributed by atoms with E-state index in [0.717, 1.165) is 42.7 Å². The Hall–Kier alpha value is -2.08. The fourth-order valence-corrected chi connectivity index (χ4v) is 3.18. The molecule has 2 N–H and O–H groups in total. The van der Waals surface area contributed by atoms with Gasteiger partial charge in [0.2, 0.25) is 5.91 Å².